The molecule has 5 nitrogen and oxygen atoms in total. The summed E-state index contributed by atoms with van der Waals surface area (Å²) in [6.07, 6.45) is -0.614. The van der Waals surface area contributed by atoms with E-state index < -0.39 is 24.6 Å². The minimum absolute atomic E-state index is 0.312. The lowest BCUT2D eigenvalue weighted by Crippen LogP contribution is -2.34. The Morgan fingerprint density at radius 3 is 2.47 bits per heavy atom. The SMILES string of the molecule is CCCCCOC1O[C@H](CO)[C@H](O)[C@H]1O. The van der Waals surface area contributed by atoms with Crippen LogP contribution in [0.5, 0.6) is 0 Å². The molecule has 1 unspecified atom stereocenters. The molecular formula is C10H20O5. The summed E-state index contributed by atoms with van der Waals surface area (Å²) in [6, 6.07) is 0. The van der Waals surface area contributed by atoms with E-state index in [1.54, 1.807) is 0 Å². The maximum absolute atomic E-state index is 9.50. The summed E-state index contributed by atoms with van der Waals surface area (Å²) >= 11 is 0. The molecule has 1 fully saturated rings. The second-order valence-electron chi connectivity index (χ2n) is 3.78. The zero-order chi connectivity index (χ0) is 11.3. The average molecular weight is 220 g/mol. The van der Waals surface area contributed by atoms with Crippen LogP contribution >= 0.6 is 0 Å². The molecule has 15 heavy (non-hydrogen) atoms. The van der Waals surface area contributed by atoms with E-state index in [9.17, 15) is 10.2 Å². The molecule has 3 N–H and O–H groups in total. The Labute approximate surface area is 89.6 Å². The zero-order valence-corrected chi connectivity index (χ0v) is 9.00. The Morgan fingerprint density at radius 2 is 1.93 bits per heavy atom. The Bertz CT molecular complexity index is 175. The van der Waals surface area contributed by atoms with Gasteiger partial charge in [0.1, 0.15) is 18.3 Å². The number of aliphatic hydroxyl groups excluding tert-OH is 3. The van der Waals surface area contributed by atoms with Gasteiger partial charge in [-0.3, -0.25) is 0 Å². The van der Waals surface area contributed by atoms with Crippen molar-refractivity contribution in [1.82, 2.24) is 0 Å². The Morgan fingerprint density at radius 1 is 1.20 bits per heavy atom. The first kappa shape index (κ1) is 12.9. The van der Waals surface area contributed by atoms with Crippen molar-refractivity contribution < 1.29 is 24.8 Å². The summed E-state index contributed by atoms with van der Waals surface area (Å²) in [5, 5.41) is 27.7. The van der Waals surface area contributed by atoms with Crippen LogP contribution in [0.3, 0.4) is 0 Å². The molecule has 1 rings (SSSR count). The summed E-state index contributed by atoms with van der Waals surface area (Å²) in [5.74, 6) is 0. The van der Waals surface area contributed by atoms with Crippen LogP contribution in [0.25, 0.3) is 0 Å². The lowest BCUT2D eigenvalue weighted by atomic mass is 10.1. The van der Waals surface area contributed by atoms with Crippen molar-refractivity contribution in [2.24, 2.45) is 0 Å². The van der Waals surface area contributed by atoms with E-state index >= 15 is 0 Å². The monoisotopic (exact) mass is 220 g/mol. The van der Waals surface area contributed by atoms with E-state index in [4.69, 9.17) is 14.6 Å². The highest BCUT2D eigenvalue weighted by atomic mass is 16.7. The van der Waals surface area contributed by atoms with E-state index in [1.165, 1.54) is 0 Å². The fourth-order valence-electron chi connectivity index (χ4n) is 1.55. The molecule has 5 heteroatoms. The molecule has 0 aliphatic carbocycles. The van der Waals surface area contributed by atoms with E-state index in [2.05, 4.69) is 6.92 Å². The largest absolute Gasteiger partial charge is 0.394 e. The maximum Gasteiger partial charge on any atom is 0.186 e. The molecule has 1 heterocycles. The summed E-state index contributed by atoms with van der Waals surface area (Å²) < 4.78 is 10.4. The zero-order valence-electron chi connectivity index (χ0n) is 9.00. The topological polar surface area (TPSA) is 79.2 Å². The normalized spacial score (nSPS) is 36.0. The van der Waals surface area contributed by atoms with Crippen LogP contribution in [0.2, 0.25) is 0 Å². The van der Waals surface area contributed by atoms with Gasteiger partial charge in [-0.05, 0) is 6.42 Å². The molecule has 0 aromatic heterocycles. The van der Waals surface area contributed by atoms with Gasteiger partial charge in [-0.25, -0.2) is 0 Å². The highest BCUT2D eigenvalue weighted by Crippen LogP contribution is 2.22. The molecule has 0 aromatic rings. The third kappa shape index (κ3) is 3.39. The van der Waals surface area contributed by atoms with Gasteiger partial charge in [-0.1, -0.05) is 19.8 Å². The number of rotatable bonds is 6. The van der Waals surface area contributed by atoms with E-state index in [1.807, 2.05) is 0 Å². The van der Waals surface area contributed by atoms with Gasteiger partial charge in [0.25, 0.3) is 0 Å². The van der Waals surface area contributed by atoms with Crippen molar-refractivity contribution >= 4 is 0 Å². The first-order valence-corrected chi connectivity index (χ1v) is 5.44. The molecular weight excluding hydrogens is 200 g/mol. The third-order valence-corrected chi connectivity index (χ3v) is 2.53. The average Bonchev–Trinajstić information content (AvgIpc) is 2.52. The number of ether oxygens (including phenoxy) is 2. The smallest absolute Gasteiger partial charge is 0.186 e. The summed E-state index contributed by atoms with van der Waals surface area (Å²) in [6.45, 7) is 2.28. The van der Waals surface area contributed by atoms with Crippen molar-refractivity contribution in [2.75, 3.05) is 13.2 Å². The highest BCUT2D eigenvalue weighted by Gasteiger charge is 2.42. The molecule has 0 radical (unpaired) electrons. The number of aliphatic hydroxyl groups is 3. The molecule has 0 bridgehead atoms. The van der Waals surface area contributed by atoms with Gasteiger partial charge in [-0.2, -0.15) is 0 Å². The summed E-state index contributed by atoms with van der Waals surface area (Å²) in [7, 11) is 0. The first-order valence-electron chi connectivity index (χ1n) is 5.44. The van der Waals surface area contributed by atoms with Crippen LogP contribution in [0.4, 0.5) is 0 Å². The Hall–Kier alpha value is -0.200. The molecule has 4 atom stereocenters. The van der Waals surface area contributed by atoms with Crippen LogP contribution in [-0.4, -0.2) is 53.1 Å². The lowest BCUT2D eigenvalue weighted by Gasteiger charge is -2.15. The molecule has 90 valence electrons. The van der Waals surface area contributed by atoms with Gasteiger partial charge in [0.15, 0.2) is 6.29 Å². The molecule has 0 spiro atoms. The molecule has 1 aliphatic heterocycles. The molecule has 0 amide bonds. The van der Waals surface area contributed by atoms with E-state index in [0.717, 1.165) is 19.3 Å². The molecule has 0 aromatic carbocycles. The van der Waals surface area contributed by atoms with Gasteiger partial charge < -0.3 is 24.8 Å². The number of hydrogen-bond donors (Lipinski definition) is 3. The minimum Gasteiger partial charge on any atom is -0.394 e. The minimum atomic E-state index is -1.07. The van der Waals surface area contributed by atoms with Crippen LogP contribution in [0, 0.1) is 0 Å². The lowest BCUT2D eigenvalue weighted by molar-refractivity contribution is -0.169. The van der Waals surface area contributed by atoms with Crippen LogP contribution in [-0.2, 0) is 9.47 Å². The Balaban J connectivity index is 2.25. The molecule has 1 saturated heterocycles. The first-order chi connectivity index (χ1) is 7.20. The standard InChI is InChI=1S/C10H20O5/c1-2-3-4-5-14-10-9(13)8(12)7(6-11)15-10/h7-13H,2-6H2,1H3/t7-,8+,9-,10?/m1/s1. The summed E-state index contributed by atoms with van der Waals surface area (Å²) in [5.41, 5.74) is 0. The van der Waals surface area contributed by atoms with Crippen LogP contribution in [0.1, 0.15) is 26.2 Å². The van der Waals surface area contributed by atoms with Crippen molar-refractivity contribution in [3.05, 3.63) is 0 Å². The van der Waals surface area contributed by atoms with Gasteiger partial charge in [-0.15, -0.1) is 0 Å². The quantitative estimate of drug-likeness (QED) is 0.532. The number of unbranched alkanes of at least 4 members (excludes halogenated alkanes) is 2. The second-order valence-corrected chi connectivity index (χ2v) is 3.78. The van der Waals surface area contributed by atoms with Gasteiger partial charge >= 0.3 is 0 Å². The predicted octanol–water partition coefficient (Wildman–Crippen LogP) is -0.368. The van der Waals surface area contributed by atoms with Crippen molar-refractivity contribution in [1.29, 1.82) is 0 Å². The fraction of sp³-hybridized carbons (Fsp3) is 1.00. The van der Waals surface area contributed by atoms with Crippen molar-refractivity contribution in [3.8, 4) is 0 Å². The highest BCUT2D eigenvalue weighted by molar-refractivity contribution is 4.86. The van der Waals surface area contributed by atoms with E-state index in [-0.39, 0.29) is 6.61 Å². The van der Waals surface area contributed by atoms with Crippen molar-refractivity contribution in [3.63, 3.8) is 0 Å². The predicted molar refractivity (Wildman–Crippen MR) is 53.2 cm³/mol. The third-order valence-electron chi connectivity index (χ3n) is 2.53. The summed E-state index contributed by atoms with van der Waals surface area (Å²) in [4.78, 5) is 0. The van der Waals surface area contributed by atoms with E-state index in [0.29, 0.717) is 6.61 Å². The van der Waals surface area contributed by atoms with Crippen molar-refractivity contribution in [2.45, 2.75) is 50.8 Å². The van der Waals surface area contributed by atoms with Crippen LogP contribution in [0.15, 0.2) is 0 Å². The molecule has 0 saturated carbocycles. The molecule has 1 aliphatic rings. The number of hydrogen-bond acceptors (Lipinski definition) is 5. The maximum atomic E-state index is 9.50. The second kappa shape index (κ2) is 6.40. The van der Waals surface area contributed by atoms with Gasteiger partial charge in [0.05, 0.1) is 6.61 Å². The Kier molecular flexibility index (Phi) is 5.49. The van der Waals surface area contributed by atoms with Gasteiger partial charge in [0, 0.05) is 6.61 Å². The fourth-order valence-corrected chi connectivity index (χ4v) is 1.55. The van der Waals surface area contributed by atoms with Crippen LogP contribution < -0.4 is 0 Å². The van der Waals surface area contributed by atoms with Gasteiger partial charge in [0.2, 0.25) is 0 Å².